The zero-order chi connectivity index (χ0) is 15.0. The van der Waals surface area contributed by atoms with E-state index in [1.807, 2.05) is 44.4 Å². The van der Waals surface area contributed by atoms with Gasteiger partial charge in [-0.1, -0.05) is 12.1 Å². The highest BCUT2D eigenvalue weighted by Crippen LogP contribution is 2.13. The van der Waals surface area contributed by atoms with Crippen molar-refractivity contribution in [2.24, 2.45) is 5.10 Å². The molecule has 0 aliphatic heterocycles. The predicted molar refractivity (Wildman–Crippen MR) is 81.9 cm³/mol. The summed E-state index contributed by atoms with van der Waals surface area (Å²) in [5.41, 5.74) is 3.21. The Morgan fingerprint density at radius 1 is 1.25 bits per heavy atom. The second kappa shape index (κ2) is 8.37. The summed E-state index contributed by atoms with van der Waals surface area (Å²) < 4.78 is 0. The predicted octanol–water partition coefficient (Wildman–Crippen LogP) is 1.77. The van der Waals surface area contributed by atoms with Gasteiger partial charge in [0.2, 0.25) is 11.8 Å². The van der Waals surface area contributed by atoms with Crippen molar-refractivity contribution in [3.63, 3.8) is 0 Å². The zero-order valence-electron chi connectivity index (χ0n) is 11.8. The maximum absolute atomic E-state index is 11.4. The van der Waals surface area contributed by atoms with E-state index < -0.39 is 5.91 Å². The summed E-state index contributed by atoms with van der Waals surface area (Å²) in [5.74, 6) is -0.739. The molecule has 0 saturated heterocycles. The van der Waals surface area contributed by atoms with Gasteiger partial charge in [-0.25, -0.2) is 5.43 Å². The third kappa shape index (κ3) is 6.38. The average Bonchev–Trinajstić information content (AvgIpc) is 2.38. The normalized spacial score (nSPS) is 10.8. The van der Waals surface area contributed by atoms with E-state index in [-0.39, 0.29) is 18.4 Å². The maximum atomic E-state index is 11.4. The van der Waals surface area contributed by atoms with E-state index in [1.165, 1.54) is 0 Å². The minimum absolute atomic E-state index is 0.0220. The van der Waals surface area contributed by atoms with Gasteiger partial charge in [0.15, 0.2) is 0 Å². The third-order valence-electron chi connectivity index (χ3n) is 2.29. The van der Waals surface area contributed by atoms with Crippen molar-refractivity contribution in [2.75, 3.05) is 6.26 Å². The lowest BCUT2D eigenvalue weighted by atomic mass is 10.2. The minimum Gasteiger partial charge on any atom is -0.353 e. The van der Waals surface area contributed by atoms with Crippen LogP contribution in [0.1, 0.15) is 25.8 Å². The van der Waals surface area contributed by atoms with Gasteiger partial charge in [0, 0.05) is 10.9 Å². The summed E-state index contributed by atoms with van der Waals surface area (Å²) in [6.07, 6.45) is 3.33. The molecule has 0 bridgehead atoms. The highest BCUT2D eigenvalue weighted by molar-refractivity contribution is 7.98. The van der Waals surface area contributed by atoms with E-state index in [0.29, 0.717) is 0 Å². The number of nitrogens with zero attached hydrogens (tertiary/aromatic N) is 1. The molecule has 2 N–H and O–H groups in total. The smallest absolute Gasteiger partial charge is 0.249 e. The number of amides is 2. The first-order valence-corrected chi connectivity index (χ1v) is 7.49. The number of hydrogen-bond acceptors (Lipinski definition) is 4. The molecule has 6 heteroatoms. The Balaban J connectivity index is 2.39. The summed E-state index contributed by atoms with van der Waals surface area (Å²) in [6, 6.07) is 7.79. The van der Waals surface area contributed by atoms with E-state index in [4.69, 9.17) is 0 Å². The molecule has 0 unspecified atom stereocenters. The highest BCUT2D eigenvalue weighted by atomic mass is 32.2. The molecule has 1 aromatic rings. The number of carbonyl (C=O) groups excluding carboxylic acids is 2. The molecule has 5 nitrogen and oxygen atoms in total. The fourth-order valence-electron chi connectivity index (χ4n) is 1.43. The summed E-state index contributed by atoms with van der Waals surface area (Å²) in [4.78, 5) is 23.9. The van der Waals surface area contributed by atoms with Crippen LogP contribution in [0.15, 0.2) is 34.3 Å². The van der Waals surface area contributed by atoms with Gasteiger partial charge in [0.05, 0.1) is 6.21 Å². The van der Waals surface area contributed by atoms with Crippen molar-refractivity contribution in [2.45, 2.75) is 31.2 Å². The van der Waals surface area contributed by atoms with Gasteiger partial charge >= 0.3 is 0 Å². The molecule has 0 aromatic heterocycles. The Morgan fingerprint density at radius 3 is 2.45 bits per heavy atom. The molecule has 2 amide bonds. The largest absolute Gasteiger partial charge is 0.353 e. The van der Waals surface area contributed by atoms with Crippen LogP contribution in [-0.4, -0.2) is 30.3 Å². The van der Waals surface area contributed by atoms with Gasteiger partial charge < -0.3 is 5.32 Å². The van der Waals surface area contributed by atoms with Crippen molar-refractivity contribution < 1.29 is 9.59 Å². The number of hydrazone groups is 1. The average molecular weight is 293 g/mol. The minimum atomic E-state index is -0.430. The summed E-state index contributed by atoms with van der Waals surface area (Å²) in [6.45, 7) is 3.68. The lowest BCUT2D eigenvalue weighted by Gasteiger charge is -2.06. The highest BCUT2D eigenvalue weighted by Gasteiger charge is 2.08. The Bertz CT molecular complexity index is 484. The van der Waals surface area contributed by atoms with Gasteiger partial charge in [0.25, 0.3) is 0 Å². The molecule has 0 fully saturated rings. The number of thioether (sulfide) groups is 1. The monoisotopic (exact) mass is 293 g/mol. The summed E-state index contributed by atoms with van der Waals surface area (Å²) in [5, 5.41) is 6.46. The number of carbonyl (C=O) groups is 2. The lowest BCUT2D eigenvalue weighted by Crippen LogP contribution is -2.34. The van der Waals surface area contributed by atoms with Crippen LogP contribution in [0.3, 0.4) is 0 Å². The van der Waals surface area contributed by atoms with Crippen LogP contribution < -0.4 is 10.7 Å². The Hall–Kier alpha value is -1.82. The van der Waals surface area contributed by atoms with E-state index in [1.54, 1.807) is 18.0 Å². The molecule has 0 radical (unpaired) electrons. The van der Waals surface area contributed by atoms with E-state index in [9.17, 15) is 9.59 Å². The van der Waals surface area contributed by atoms with Crippen molar-refractivity contribution in [1.82, 2.24) is 10.7 Å². The van der Waals surface area contributed by atoms with Gasteiger partial charge in [0.1, 0.15) is 6.42 Å². The van der Waals surface area contributed by atoms with Crippen LogP contribution in [-0.2, 0) is 9.59 Å². The van der Waals surface area contributed by atoms with E-state index in [2.05, 4.69) is 15.8 Å². The van der Waals surface area contributed by atoms with Crippen LogP contribution in [0.2, 0.25) is 0 Å². The van der Waals surface area contributed by atoms with Gasteiger partial charge in [-0.3, -0.25) is 9.59 Å². The molecule has 0 heterocycles. The van der Waals surface area contributed by atoms with E-state index >= 15 is 0 Å². The first-order valence-electron chi connectivity index (χ1n) is 6.26. The van der Waals surface area contributed by atoms with Crippen LogP contribution in [0.4, 0.5) is 0 Å². The van der Waals surface area contributed by atoms with Crippen molar-refractivity contribution in [3.05, 3.63) is 29.8 Å². The van der Waals surface area contributed by atoms with Crippen molar-refractivity contribution in [1.29, 1.82) is 0 Å². The second-order valence-corrected chi connectivity index (χ2v) is 5.34. The second-order valence-electron chi connectivity index (χ2n) is 4.47. The molecule has 0 aliphatic rings. The van der Waals surface area contributed by atoms with Crippen LogP contribution >= 0.6 is 11.8 Å². The molecule has 20 heavy (non-hydrogen) atoms. The number of hydrogen-bond donors (Lipinski definition) is 2. The van der Waals surface area contributed by atoms with E-state index in [0.717, 1.165) is 10.5 Å². The van der Waals surface area contributed by atoms with Gasteiger partial charge in [-0.05, 0) is 37.8 Å². The molecular weight excluding hydrogens is 274 g/mol. The van der Waals surface area contributed by atoms with Gasteiger partial charge in [-0.15, -0.1) is 11.8 Å². The number of benzene rings is 1. The molecule has 1 rings (SSSR count). The molecule has 0 saturated carbocycles. The fourth-order valence-corrected chi connectivity index (χ4v) is 1.84. The first kappa shape index (κ1) is 16.2. The molecule has 1 aromatic carbocycles. The van der Waals surface area contributed by atoms with Crippen LogP contribution in [0.25, 0.3) is 0 Å². The molecular formula is C14H19N3O2S. The molecule has 0 spiro atoms. The zero-order valence-corrected chi connectivity index (χ0v) is 12.7. The van der Waals surface area contributed by atoms with Crippen molar-refractivity contribution >= 4 is 29.8 Å². The summed E-state index contributed by atoms with van der Waals surface area (Å²) in [7, 11) is 0. The SMILES string of the molecule is CSc1ccc(C=NNC(=O)CC(=O)NC(C)C)cc1. The maximum Gasteiger partial charge on any atom is 0.249 e. The third-order valence-corrected chi connectivity index (χ3v) is 3.03. The molecule has 108 valence electrons. The van der Waals surface area contributed by atoms with Crippen LogP contribution in [0, 0.1) is 0 Å². The molecule has 0 atom stereocenters. The molecule has 0 aliphatic carbocycles. The summed E-state index contributed by atoms with van der Waals surface area (Å²) >= 11 is 1.66. The fraction of sp³-hybridized carbons (Fsp3) is 0.357. The van der Waals surface area contributed by atoms with Crippen molar-refractivity contribution in [3.8, 4) is 0 Å². The number of nitrogens with one attached hydrogen (secondary N) is 2. The Labute approximate surface area is 123 Å². The lowest BCUT2D eigenvalue weighted by molar-refractivity contribution is -0.129. The Kier molecular flexibility index (Phi) is 6.79. The quantitative estimate of drug-likeness (QED) is 0.363. The van der Waals surface area contributed by atoms with Gasteiger partial charge in [-0.2, -0.15) is 5.10 Å². The Morgan fingerprint density at radius 2 is 1.90 bits per heavy atom. The standard InChI is InChI=1S/C14H19N3O2S/c1-10(2)16-13(18)8-14(19)17-15-9-11-4-6-12(20-3)7-5-11/h4-7,9-10H,8H2,1-3H3,(H,16,18)(H,17,19). The first-order chi connectivity index (χ1) is 9.51. The van der Waals surface area contributed by atoms with Crippen LogP contribution in [0.5, 0.6) is 0 Å². The number of rotatable bonds is 6. The topological polar surface area (TPSA) is 70.6 Å².